The van der Waals surface area contributed by atoms with E-state index in [-0.39, 0.29) is 23.4 Å². The van der Waals surface area contributed by atoms with Crippen LogP contribution in [-0.4, -0.2) is 34.5 Å². The van der Waals surface area contributed by atoms with Gasteiger partial charge in [-0.15, -0.1) is 0 Å². The van der Waals surface area contributed by atoms with Crippen LogP contribution >= 0.6 is 11.6 Å². The van der Waals surface area contributed by atoms with Gasteiger partial charge in [0.1, 0.15) is 5.82 Å². The smallest absolute Gasteiger partial charge is 0.303 e. The normalized spacial score (nSPS) is 10.7. The van der Waals surface area contributed by atoms with Crippen LogP contribution in [0, 0.1) is 5.82 Å². The van der Waals surface area contributed by atoms with E-state index < -0.39 is 11.8 Å². The van der Waals surface area contributed by atoms with Gasteiger partial charge in [-0.05, 0) is 38.5 Å². The van der Waals surface area contributed by atoms with Crippen LogP contribution in [0.15, 0.2) is 18.2 Å². The van der Waals surface area contributed by atoms with Crippen molar-refractivity contribution in [2.24, 2.45) is 0 Å². The molecule has 110 valence electrons. The molecule has 1 rings (SSSR count). The van der Waals surface area contributed by atoms with Crippen LogP contribution in [-0.2, 0) is 4.79 Å². The fraction of sp³-hybridized carbons (Fsp3) is 0.429. The predicted molar refractivity (Wildman–Crippen MR) is 74.5 cm³/mol. The zero-order chi connectivity index (χ0) is 15.3. The lowest BCUT2D eigenvalue weighted by molar-refractivity contribution is -0.137. The highest BCUT2D eigenvalue weighted by Gasteiger charge is 2.19. The number of amides is 1. The molecule has 0 saturated carbocycles. The average Bonchev–Trinajstić information content (AvgIpc) is 2.36. The van der Waals surface area contributed by atoms with Gasteiger partial charge in [0.25, 0.3) is 5.91 Å². The average molecular weight is 302 g/mol. The summed E-state index contributed by atoms with van der Waals surface area (Å²) in [7, 11) is 0. The summed E-state index contributed by atoms with van der Waals surface area (Å²) in [6.45, 7) is 4.01. The fourth-order valence-electron chi connectivity index (χ4n) is 1.79. The third kappa shape index (κ3) is 4.49. The Morgan fingerprint density at radius 2 is 2.05 bits per heavy atom. The first kappa shape index (κ1) is 16.4. The van der Waals surface area contributed by atoms with Crippen molar-refractivity contribution in [1.29, 1.82) is 0 Å². The third-order valence-electron chi connectivity index (χ3n) is 2.84. The standard InChI is InChI=1S/C14H17ClFNO3/c1-9(2)17(7-3-4-13(18)19)14(20)10-5-6-12(16)11(15)8-10/h5-6,8-9H,3-4,7H2,1-2H3,(H,18,19). The molecule has 0 heterocycles. The van der Waals surface area contributed by atoms with Gasteiger partial charge in [0.05, 0.1) is 5.02 Å². The minimum atomic E-state index is -0.897. The molecule has 1 aromatic rings. The summed E-state index contributed by atoms with van der Waals surface area (Å²) in [5, 5.41) is 8.52. The number of carbonyl (C=O) groups excluding carboxylic acids is 1. The summed E-state index contributed by atoms with van der Waals surface area (Å²) < 4.78 is 13.1. The molecule has 0 radical (unpaired) electrons. The molecule has 0 unspecified atom stereocenters. The van der Waals surface area contributed by atoms with Crippen molar-refractivity contribution in [2.75, 3.05) is 6.54 Å². The van der Waals surface area contributed by atoms with Crippen LogP contribution in [0.1, 0.15) is 37.0 Å². The maximum Gasteiger partial charge on any atom is 0.303 e. The number of nitrogens with zero attached hydrogens (tertiary/aromatic N) is 1. The summed E-state index contributed by atoms with van der Waals surface area (Å²) in [6, 6.07) is 3.72. The minimum absolute atomic E-state index is 0.000669. The molecule has 0 fully saturated rings. The molecule has 4 nitrogen and oxygen atoms in total. The molecule has 6 heteroatoms. The molecule has 0 saturated heterocycles. The van der Waals surface area contributed by atoms with Gasteiger partial charge in [0.2, 0.25) is 0 Å². The molecule has 0 aliphatic carbocycles. The maximum atomic E-state index is 13.1. The van der Waals surface area contributed by atoms with Gasteiger partial charge in [-0.1, -0.05) is 11.6 Å². The second-order valence-electron chi connectivity index (χ2n) is 4.72. The summed E-state index contributed by atoms with van der Waals surface area (Å²) >= 11 is 5.66. The highest BCUT2D eigenvalue weighted by Crippen LogP contribution is 2.18. The highest BCUT2D eigenvalue weighted by molar-refractivity contribution is 6.31. The van der Waals surface area contributed by atoms with E-state index in [0.717, 1.165) is 6.07 Å². The van der Waals surface area contributed by atoms with E-state index in [1.807, 2.05) is 13.8 Å². The maximum absolute atomic E-state index is 13.1. The Kier molecular flexibility index (Phi) is 5.95. The minimum Gasteiger partial charge on any atom is -0.481 e. The molecule has 0 spiro atoms. The van der Waals surface area contributed by atoms with Crippen LogP contribution in [0.4, 0.5) is 4.39 Å². The quantitative estimate of drug-likeness (QED) is 0.878. The Morgan fingerprint density at radius 3 is 2.55 bits per heavy atom. The van der Waals surface area contributed by atoms with Crippen LogP contribution in [0.2, 0.25) is 5.02 Å². The van der Waals surface area contributed by atoms with Gasteiger partial charge in [-0.2, -0.15) is 0 Å². The number of carboxylic acid groups (broad SMARTS) is 1. The molecule has 20 heavy (non-hydrogen) atoms. The van der Waals surface area contributed by atoms with Gasteiger partial charge in [0, 0.05) is 24.6 Å². The summed E-state index contributed by atoms with van der Waals surface area (Å²) in [6.07, 6.45) is 0.370. The molecular weight excluding hydrogens is 285 g/mol. The Labute approximate surface area is 122 Å². The Balaban J connectivity index is 2.82. The first-order chi connectivity index (χ1) is 9.32. The Hall–Kier alpha value is -1.62. The van der Waals surface area contributed by atoms with E-state index in [4.69, 9.17) is 16.7 Å². The molecule has 1 aromatic carbocycles. The zero-order valence-electron chi connectivity index (χ0n) is 11.4. The van der Waals surface area contributed by atoms with Crippen molar-refractivity contribution < 1.29 is 19.1 Å². The van der Waals surface area contributed by atoms with Crippen molar-refractivity contribution in [3.05, 3.63) is 34.6 Å². The first-order valence-electron chi connectivity index (χ1n) is 6.30. The number of hydrogen-bond donors (Lipinski definition) is 1. The monoisotopic (exact) mass is 301 g/mol. The van der Waals surface area contributed by atoms with Crippen LogP contribution in [0.5, 0.6) is 0 Å². The predicted octanol–water partition coefficient (Wildman–Crippen LogP) is 3.19. The van der Waals surface area contributed by atoms with Gasteiger partial charge < -0.3 is 10.0 Å². The molecule has 1 N–H and O–H groups in total. The number of carbonyl (C=O) groups is 2. The van der Waals surface area contributed by atoms with Gasteiger partial charge >= 0.3 is 5.97 Å². The van der Waals surface area contributed by atoms with Gasteiger partial charge in [-0.3, -0.25) is 9.59 Å². The molecule has 0 bridgehead atoms. The van der Waals surface area contributed by atoms with E-state index in [0.29, 0.717) is 18.5 Å². The molecular formula is C14H17ClFNO3. The number of rotatable bonds is 6. The number of carboxylic acids is 1. The molecule has 1 amide bonds. The Morgan fingerprint density at radius 1 is 1.40 bits per heavy atom. The van der Waals surface area contributed by atoms with Crippen LogP contribution < -0.4 is 0 Å². The van der Waals surface area contributed by atoms with Crippen molar-refractivity contribution >= 4 is 23.5 Å². The van der Waals surface area contributed by atoms with Crippen LogP contribution in [0.25, 0.3) is 0 Å². The number of benzene rings is 1. The lowest BCUT2D eigenvalue weighted by Gasteiger charge is -2.26. The topological polar surface area (TPSA) is 57.6 Å². The first-order valence-corrected chi connectivity index (χ1v) is 6.68. The van der Waals surface area contributed by atoms with E-state index in [9.17, 15) is 14.0 Å². The number of hydrogen-bond acceptors (Lipinski definition) is 2. The largest absolute Gasteiger partial charge is 0.481 e. The third-order valence-corrected chi connectivity index (χ3v) is 3.13. The summed E-state index contributed by atoms with van der Waals surface area (Å²) in [5.41, 5.74) is 0.292. The fourth-order valence-corrected chi connectivity index (χ4v) is 1.97. The summed E-state index contributed by atoms with van der Waals surface area (Å²) in [4.78, 5) is 24.4. The second kappa shape index (κ2) is 7.24. The Bertz CT molecular complexity index is 505. The molecule has 0 atom stereocenters. The molecule has 0 aliphatic heterocycles. The second-order valence-corrected chi connectivity index (χ2v) is 5.13. The number of aliphatic carboxylic acids is 1. The summed E-state index contributed by atoms with van der Waals surface area (Å²) in [5.74, 6) is -1.76. The van der Waals surface area contributed by atoms with Crippen molar-refractivity contribution in [1.82, 2.24) is 4.90 Å². The van der Waals surface area contributed by atoms with E-state index in [1.54, 1.807) is 4.90 Å². The van der Waals surface area contributed by atoms with E-state index in [1.165, 1.54) is 12.1 Å². The van der Waals surface area contributed by atoms with E-state index in [2.05, 4.69) is 0 Å². The van der Waals surface area contributed by atoms with E-state index >= 15 is 0 Å². The number of halogens is 2. The van der Waals surface area contributed by atoms with Gasteiger partial charge in [-0.25, -0.2) is 4.39 Å². The van der Waals surface area contributed by atoms with Crippen LogP contribution in [0.3, 0.4) is 0 Å². The molecule has 0 aromatic heterocycles. The lowest BCUT2D eigenvalue weighted by atomic mass is 10.1. The highest BCUT2D eigenvalue weighted by atomic mass is 35.5. The van der Waals surface area contributed by atoms with Gasteiger partial charge in [0.15, 0.2) is 0 Å². The SMILES string of the molecule is CC(C)N(CCCC(=O)O)C(=O)c1ccc(F)c(Cl)c1. The van der Waals surface area contributed by atoms with Crippen molar-refractivity contribution in [3.63, 3.8) is 0 Å². The van der Waals surface area contributed by atoms with Crippen molar-refractivity contribution in [2.45, 2.75) is 32.7 Å². The lowest BCUT2D eigenvalue weighted by Crippen LogP contribution is -2.37. The van der Waals surface area contributed by atoms with Crippen molar-refractivity contribution in [3.8, 4) is 0 Å². The molecule has 0 aliphatic rings. The zero-order valence-corrected chi connectivity index (χ0v) is 12.2.